The predicted octanol–water partition coefficient (Wildman–Crippen LogP) is -4.05. The van der Waals surface area contributed by atoms with E-state index in [4.69, 9.17) is 42.6 Å². The number of nitrogens with zero attached hydrogens (tertiary/aromatic N) is 1. The molecule has 1 amide bonds. The number of carboxylic acids is 1. The van der Waals surface area contributed by atoms with E-state index >= 15 is 0 Å². The molecule has 4 fully saturated rings. The molecule has 4 heterocycles. The van der Waals surface area contributed by atoms with E-state index in [0.717, 1.165) is 16.7 Å². The molecular formula is C53H73NO26. The van der Waals surface area contributed by atoms with Crippen molar-refractivity contribution in [3.05, 3.63) is 102 Å². The molecule has 27 nitrogen and oxygen atoms in total. The quantitative estimate of drug-likeness (QED) is 0.0406. The number of carbonyl (C=O) groups excluding carboxylic acids is 1. The van der Waals surface area contributed by atoms with Gasteiger partial charge < -0.3 is 124 Å². The van der Waals surface area contributed by atoms with E-state index in [1.807, 2.05) is 60.7 Å². The van der Waals surface area contributed by atoms with Crippen LogP contribution in [0, 0.1) is 5.92 Å². The molecule has 0 aliphatic carbocycles. The van der Waals surface area contributed by atoms with Crippen molar-refractivity contribution in [2.45, 2.75) is 168 Å². The topological polar surface area (TPSA) is 424 Å². The average molecular weight is 1140 g/mol. The first kappa shape index (κ1) is 63.0. The van der Waals surface area contributed by atoms with Gasteiger partial charge in [-0.1, -0.05) is 79.7 Å². The van der Waals surface area contributed by atoms with Crippen molar-refractivity contribution in [2.75, 3.05) is 33.0 Å². The highest BCUT2D eigenvalue weighted by atomic mass is 16.8. The standard InChI is InChI=1S/C53H73NO26/c1-26-36(63)37(64)35(24-58)73-48(26)78-47-39(66)38(65)42(32(60)21-55)75-50(47)77-46-40(67)43(33(61)22-56)74-49(41(46)68)76-44-31(59)19-53(51(69)70,80-45(44)34(62)23-57)79-30-16-14-27(15-17-30)13-8-18-54(20-28-9-4-2-5-10-28)52(71)72-25-29-11-6-3-7-12-29/h2-7,9-12,14-17,26,31-50,55-68H,8,13,18-25H2,1H3,(H,69,70)/t26-,31-,32+,33+,34-,35?,36?,37-,38+,39?,40-,41?,42+,43?,44-,45?,46+,47?,48-,49-,50-,53-/m1/s1. The lowest BCUT2D eigenvalue weighted by molar-refractivity contribution is -0.398. The number of benzene rings is 3. The van der Waals surface area contributed by atoms with Crippen LogP contribution in [0.15, 0.2) is 84.9 Å². The number of aliphatic carboxylic acids is 1. The smallest absolute Gasteiger partial charge is 0.410 e. The molecule has 7 unspecified atom stereocenters. The van der Waals surface area contributed by atoms with E-state index in [9.17, 15) is 86.2 Å². The summed E-state index contributed by atoms with van der Waals surface area (Å²) in [7, 11) is 0. The van der Waals surface area contributed by atoms with E-state index in [-0.39, 0.29) is 18.9 Å². The van der Waals surface area contributed by atoms with Crippen LogP contribution in [0.4, 0.5) is 4.79 Å². The molecule has 3 aromatic rings. The van der Waals surface area contributed by atoms with Crippen molar-refractivity contribution in [3.8, 4) is 5.75 Å². The monoisotopic (exact) mass is 1140 g/mol. The van der Waals surface area contributed by atoms with E-state index in [1.165, 1.54) is 19.1 Å². The van der Waals surface area contributed by atoms with Crippen molar-refractivity contribution in [1.82, 2.24) is 4.90 Å². The molecule has 80 heavy (non-hydrogen) atoms. The highest BCUT2D eigenvalue weighted by Gasteiger charge is 2.60. The summed E-state index contributed by atoms with van der Waals surface area (Å²) in [4.78, 5) is 28.0. The van der Waals surface area contributed by atoms with Crippen LogP contribution in [0.1, 0.15) is 36.5 Å². The van der Waals surface area contributed by atoms with Crippen molar-refractivity contribution in [2.24, 2.45) is 5.92 Å². The molecule has 446 valence electrons. The average Bonchev–Trinajstić information content (AvgIpc) is 3.54. The normalized spacial score (nSPS) is 35.8. The number of aliphatic hydroxyl groups is 14. The van der Waals surface area contributed by atoms with Crippen molar-refractivity contribution in [1.29, 1.82) is 0 Å². The fourth-order valence-electron chi connectivity index (χ4n) is 9.93. The van der Waals surface area contributed by atoms with Crippen LogP contribution in [0.25, 0.3) is 0 Å². The number of rotatable bonds is 24. The van der Waals surface area contributed by atoms with Gasteiger partial charge in [0.25, 0.3) is 0 Å². The number of ether oxygens (including phenoxy) is 9. The first-order chi connectivity index (χ1) is 38.2. The minimum Gasteiger partial charge on any atom is -0.476 e. The van der Waals surface area contributed by atoms with Gasteiger partial charge in [-0.05, 0) is 41.7 Å². The van der Waals surface area contributed by atoms with E-state index in [1.54, 1.807) is 17.0 Å². The summed E-state index contributed by atoms with van der Waals surface area (Å²) in [6.07, 6.45) is -39.7. The molecule has 4 aliphatic rings. The maximum Gasteiger partial charge on any atom is 0.410 e. The molecule has 3 aromatic carbocycles. The number of carbonyl (C=O) groups is 2. The Hall–Kier alpha value is -4.64. The third-order valence-corrected chi connectivity index (χ3v) is 14.5. The highest BCUT2D eigenvalue weighted by molar-refractivity contribution is 5.76. The number of hydrogen-bond donors (Lipinski definition) is 15. The Kier molecular flexibility index (Phi) is 22.5. The van der Waals surface area contributed by atoms with Crippen LogP contribution in [-0.4, -0.2) is 255 Å². The van der Waals surface area contributed by atoms with E-state index in [0.29, 0.717) is 19.4 Å². The zero-order valence-corrected chi connectivity index (χ0v) is 43.4. The van der Waals surface area contributed by atoms with Crippen LogP contribution in [0.5, 0.6) is 5.75 Å². The summed E-state index contributed by atoms with van der Waals surface area (Å²) >= 11 is 0. The van der Waals surface area contributed by atoms with Crippen LogP contribution < -0.4 is 4.74 Å². The molecule has 0 saturated carbocycles. The largest absolute Gasteiger partial charge is 0.476 e. The number of carboxylic acid groups (broad SMARTS) is 1. The number of hydrogen-bond acceptors (Lipinski definition) is 25. The highest BCUT2D eigenvalue weighted by Crippen LogP contribution is 2.40. The van der Waals surface area contributed by atoms with Gasteiger partial charge >= 0.3 is 17.8 Å². The minimum absolute atomic E-state index is 0.0820. The summed E-state index contributed by atoms with van der Waals surface area (Å²) in [5.74, 6) is -5.79. The fraction of sp³-hybridized carbons (Fsp3) is 0.623. The maximum atomic E-state index is 13.3. The van der Waals surface area contributed by atoms with Crippen LogP contribution in [-0.2, 0) is 62.3 Å². The van der Waals surface area contributed by atoms with Gasteiger partial charge in [0.15, 0.2) is 18.9 Å². The Balaban J connectivity index is 1.06. The van der Waals surface area contributed by atoms with Crippen molar-refractivity contribution in [3.63, 3.8) is 0 Å². The van der Waals surface area contributed by atoms with Gasteiger partial charge in [-0.3, -0.25) is 0 Å². The van der Waals surface area contributed by atoms with Gasteiger partial charge in [0.05, 0.1) is 45.1 Å². The second kappa shape index (κ2) is 28.6. The minimum atomic E-state index is -2.79. The third kappa shape index (κ3) is 14.8. The van der Waals surface area contributed by atoms with Gasteiger partial charge in [0, 0.05) is 19.0 Å². The van der Waals surface area contributed by atoms with Crippen LogP contribution in [0.2, 0.25) is 0 Å². The summed E-state index contributed by atoms with van der Waals surface area (Å²) in [5.41, 5.74) is 2.47. The molecule has 22 atom stereocenters. The van der Waals surface area contributed by atoms with E-state index < -0.39 is 179 Å². The van der Waals surface area contributed by atoms with Crippen LogP contribution >= 0.6 is 0 Å². The molecule has 27 heteroatoms. The lowest BCUT2D eigenvalue weighted by atomic mass is 9.91. The summed E-state index contributed by atoms with van der Waals surface area (Å²) in [6, 6.07) is 24.7. The van der Waals surface area contributed by atoms with Crippen molar-refractivity contribution < 1.29 is 129 Å². The maximum absolute atomic E-state index is 13.3. The number of amides is 1. The lowest BCUT2D eigenvalue weighted by Gasteiger charge is -2.51. The predicted molar refractivity (Wildman–Crippen MR) is 267 cm³/mol. The molecule has 7 rings (SSSR count). The Bertz CT molecular complexity index is 2360. The molecule has 0 bridgehead atoms. The Labute approximate surface area is 458 Å². The van der Waals surface area contributed by atoms with Gasteiger partial charge in [0.2, 0.25) is 0 Å². The summed E-state index contributed by atoms with van der Waals surface area (Å²) < 4.78 is 52.4. The molecule has 0 radical (unpaired) electrons. The third-order valence-electron chi connectivity index (χ3n) is 14.5. The zero-order valence-electron chi connectivity index (χ0n) is 43.4. The van der Waals surface area contributed by atoms with E-state index in [2.05, 4.69) is 0 Å². The number of aryl methyl sites for hydroxylation is 1. The van der Waals surface area contributed by atoms with Crippen molar-refractivity contribution >= 4 is 12.1 Å². The SMILES string of the molecule is C[C@@H]1C(O)[C@H](O)C(CO)O[C@@H]1OC1C(O)[C@H](O)[C@H]([C@@H](O)CO)O[C@@H]1O[C@@H]1C(O)[C@@H](O[C@H]2C([C@H](O)CO)O[C@@](Oc3ccc(CCCN(Cc4ccccc4)C(=O)OCc4ccccc4)cc3)(C(=O)O)C[C@H]2O)OC([C@@H](O)CO)[C@H]1O. The molecule has 4 aliphatic heterocycles. The summed E-state index contributed by atoms with van der Waals surface area (Å²) in [6.45, 7) is -2.05. The lowest BCUT2D eigenvalue weighted by Crippen LogP contribution is -2.69. The van der Waals surface area contributed by atoms with Gasteiger partial charge in [-0.25, -0.2) is 9.59 Å². The molecular weight excluding hydrogens is 1070 g/mol. The van der Waals surface area contributed by atoms with Gasteiger partial charge in [-0.2, -0.15) is 0 Å². The Morgan fingerprint density at radius 2 is 1.18 bits per heavy atom. The molecule has 15 N–H and O–H groups in total. The fourth-order valence-corrected chi connectivity index (χ4v) is 9.93. The summed E-state index contributed by atoms with van der Waals surface area (Å²) in [5, 5.41) is 162. The molecule has 4 saturated heterocycles. The first-order valence-corrected chi connectivity index (χ1v) is 26.1. The first-order valence-electron chi connectivity index (χ1n) is 26.1. The second-order valence-corrected chi connectivity index (χ2v) is 20.2. The second-order valence-electron chi connectivity index (χ2n) is 20.2. The molecule has 0 aromatic heterocycles. The van der Waals surface area contributed by atoms with Gasteiger partial charge in [-0.15, -0.1) is 0 Å². The molecule has 0 spiro atoms. The Morgan fingerprint density at radius 3 is 1.77 bits per heavy atom. The number of aliphatic hydroxyl groups excluding tert-OH is 14. The Morgan fingerprint density at radius 1 is 0.613 bits per heavy atom. The zero-order chi connectivity index (χ0) is 58.0. The van der Waals surface area contributed by atoms with Crippen LogP contribution in [0.3, 0.4) is 0 Å². The van der Waals surface area contributed by atoms with Gasteiger partial charge in [0.1, 0.15) is 104 Å².